The number of urea groups is 1. The van der Waals surface area contributed by atoms with Gasteiger partial charge in [-0.25, -0.2) is 4.79 Å². The summed E-state index contributed by atoms with van der Waals surface area (Å²) in [5.41, 5.74) is 2.36. The van der Waals surface area contributed by atoms with Gasteiger partial charge in [-0.3, -0.25) is 15.0 Å². The maximum Gasteiger partial charge on any atom is 0.321 e. The molecule has 1 aromatic carbocycles. The van der Waals surface area contributed by atoms with Crippen LogP contribution in [0.25, 0.3) is 0 Å². The van der Waals surface area contributed by atoms with E-state index in [1.165, 1.54) is 11.3 Å². The second-order valence-corrected chi connectivity index (χ2v) is 6.64. The number of amides is 3. The van der Waals surface area contributed by atoms with E-state index < -0.39 is 6.03 Å². The molecule has 0 saturated heterocycles. The number of ether oxygens (including phenoxy) is 1. The van der Waals surface area contributed by atoms with Crippen molar-refractivity contribution in [2.24, 2.45) is 0 Å². The minimum atomic E-state index is -0.491. The summed E-state index contributed by atoms with van der Waals surface area (Å²) in [4.78, 5) is 28.4. The quantitative estimate of drug-likeness (QED) is 0.836. The van der Waals surface area contributed by atoms with Gasteiger partial charge in [0.15, 0.2) is 0 Å². The number of carbonyl (C=O) groups is 2. The number of fused-ring (bicyclic) bond motifs is 1. The summed E-state index contributed by atoms with van der Waals surface area (Å²) < 4.78 is 4.96. The molecule has 1 aromatic rings. The van der Waals surface area contributed by atoms with Crippen LogP contribution in [0.2, 0.25) is 0 Å². The summed E-state index contributed by atoms with van der Waals surface area (Å²) in [6, 6.07) is 7.74. The van der Waals surface area contributed by atoms with Gasteiger partial charge < -0.3 is 15.0 Å². The molecule has 0 bridgehead atoms. The Morgan fingerprint density at radius 2 is 2.08 bits per heavy atom. The standard InChI is InChI=1S/C18H28N4O3/c1-13(12-25-4)19-18(24)20-17(23)11-22-10-15-7-5-6-8-16(15)21(3)9-14(22)2/h5-8,13-14H,9-12H2,1-4H3,(H2,19,20,23,24)/t13-,14+/m0/s1. The topological polar surface area (TPSA) is 73.9 Å². The van der Waals surface area contributed by atoms with E-state index in [0.29, 0.717) is 13.2 Å². The third-order valence-electron chi connectivity index (χ3n) is 4.33. The maximum atomic E-state index is 12.3. The zero-order valence-electron chi connectivity index (χ0n) is 15.4. The van der Waals surface area contributed by atoms with Gasteiger partial charge in [0.05, 0.1) is 19.2 Å². The van der Waals surface area contributed by atoms with Gasteiger partial charge in [-0.1, -0.05) is 18.2 Å². The zero-order valence-corrected chi connectivity index (χ0v) is 15.4. The van der Waals surface area contributed by atoms with Crippen LogP contribution in [-0.4, -0.2) is 62.8 Å². The third-order valence-corrected chi connectivity index (χ3v) is 4.33. The summed E-state index contributed by atoms with van der Waals surface area (Å²) >= 11 is 0. The Balaban J connectivity index is 1.95. The molecule has 2 rings (SSSR count). The molecular formula is C18H28N4O3. The molecule has 7 nitrogen and oxygen atoms in total. The highest BCUT2D eigenvalue weighted by Gasteiger charge is 2.25. The fraction of sp³-hybridized carbons (Fsp3) is 0.556. The monoisotopic (exact) mass is 348 g/mol. The average molecular weight is 348 g/mol. The number of rotatable bonds is 5. The summed E-state index contributed by atoms with van der Waals surface area (Å²) in [6.45, 7) is 5.98. The van der Waals surface area contributed by atoms with Crippen LogP contribution in [0.15, 0.2) is 24.3 Å². The number of hydrogen-bond donors (Lipinski definition) is 2. The highest BCUT2D eigenvalue weighted by Crippen LogP contribution is 2.25. The van der Waals surface area contributed by atoms with Crippen LogP contribution in [0.4, 0.5) is 10.5 Å². The van der Waals surface area contributed by atoms with E-state index in [9.17, 15) is 9.59 Å². The van der Waals surface area contributed by atoms with Crippen molar-refractivity contribution in [1.82, 2.24) is 15.5 Å². The lowest BCUT2D eigenvalue weighted by molar-refractivity contribution is -0.121. The van der Waals surface area contributed by atoms with E-state index in [0.717, 1.165) is 6.54 Å². The SMILES string of the molecule is COC[C@H](C)NC(=O)NC(=O)CN1Cc2ccccc2N(C)C[C@H]1C. The summed E-state index contributed by atoms with van der Waals surface area (Å²) in [5, 5.41) is 5.07. The van der Waals surface area contributed by atoms with Gasteiger partial charge in [-0.15, -0.1) is 0 Å². The molecule has 0 spiro atoms. The van der Waals surface area contributed by atoms with Crippen LogP contribution in [0.3, 0.4) is 0 Å². The van der Waals surface area contributed by atoms with Crippen LogP contribution >= 0.6 is 0 Å². The fourth-order valence-corrected chi connectivity index (χ4v) is 3.12. The van der Waals surface area contributed by atoms with E-state index in [-0.39, 0.29) is 24.5 Å². The predicted octanol–water partition coefficient (Wildman–Crippen LogP) is 1.19. The number of likely N-dealkylation sites (N-methyl/N-ethyl adjacent to an activating group) is 1. The molecule has 0 radical (unpaired) electrons. The largest absolute Gasteiger partial charge is 0.383 e. The zero-order chi connectivity index (χ0) is 18.4. The lowest BCUT2D eigenvalue weighted by Crippen LogP contribution is -2.49. The van der Waals surface area contributed by atoms with Gasteiger partial charge >= 0.3 is 6.03 Å². The Kier molecular flexibility index (Phi) is 6.78. The number of carbonyl (C=O) groups excluding carboxylic acids is 2. The number of hydrogen-bond acceptors (Lipinski definition) is 5. The molecule has 0 fully saturated rings. The highest BCUT2D eigenvalue weighted by atomic mass is 16.5. The minimum Gasteiger partial charge on any atom is -0.383 e. The molecule has 0 saturated carbocycles. The number of nitrogens with zero attached hydrogens (tertiary/aromatic N) is 2. The molecule has 2 N–H and O–H groups in total. The van der Waals surface area contributed by atoms with Crippen LogP contribution in [-0.2, 0) is 16.1 Å². The summed E-state index contributed by atoms with van der Waals surface area (Å²) in [7, 11) is 3.63. The Bertz CT molecular complexity index is 608. The molecule has 0 unspecified atom stereocenters. The molecule has 0 aliphatic carbocycles. The highest BCUT2D eigenvalue weighted by molar-refractivity contribution is 5.95. The number of para-hydroxylation sites is 1. The lowest BCUT2D eigenvalue weighted by Gasteiger charge is -2.27. The Hall–Kier alpha value is -2.12. The molecule has 7 heteroatoms. The number of benzene rings is 1. The number of nitrogens with one attached hydrogen (secondary N) is 2. The molecule has 0 aromatic heterocycles. The van der Waals surface area contributed by atoms with Crippen molar-refractivity contribution in [2.75, 3.05) is 38.8 Å². The average Bonchev–Trinajstić information content (AvgIpc) is 2.64. The van der Waals surface area contributed by atoms with Crippen LogP contribution in [0.1, 0.15) is 19.4 Å². The van der Waals surface area contributed by atoms with Crippen molar-refractivity contribution < 1.29 is 14.3 Å². The lowest BCUT2D eigenvalue weighted by atomic mass is 10.1. The van der Waals surface area contributed by atoms with Crippen LogP contribution in [0.5, 0.6) is 0 Å². The summed E-state index contributed by atoms with van der Waals surface area (Å²) in [5.74, 6) is -0.309. The first kappa shape index (κ1) is 19.2. The molecule has 138 valence electrons. The fourth-order valence-electron chi connectivity index (χ4n) is 3.12. The number of methoxy groups -OCH3 is 1. The molecule has 1 heterocycles. The van der Waals surface area contributed by atoms with Gasteiger partial charge in [0.25, 0.3) is 0 Å². The van der Waals surface area contributed by atoms with Crippen molar-refractivity contribution in [3.05, 3.63) is 29.8 Å². The second kappa shape index (κ2) is 8.82. The third kappa shape index (κ3) is 5.44. The van der Waals surface area contributed by atoms with Gasteiger partial charge in [-0.05, 0) is 25.5 Å². The first-order valence-electron chi connectivity index (χ1n) is 8.53. The normalized spacial score (nSPS) is 18.9. The van der Waals surface area contributed by atoms with Crippen molar-refractivity contribution in [1.29, 1.82) is 0 Å². The van der Waals surface area contributed by atoms with Crippen molar-refractivity contribution >= 4 is 17.6 Å². The Labute approximate surface area is 149 Å². The Morgan fingerprint density at radius 3 is 2.80 bits per heavy atom. The first-order chi connectivity index (χ1) is 11.9. The number of imide groups is 1. The molecule has 25 heavy (non-hydrogen) atoms. The second-order valence-electron chi connectivity index (χ2n) is 6.64. The van der Waals surface area contributed by atoms with Gasteiger partial charge in [0.1, 0.15) is 0 Å². The van der Waals surface area contributed by atoms with Gasteiger partial charge in [0.2, 0.25) is 5.91 Å². The minimum absolute atomic E-state index is 0.157. The molecule has 2 atom stereocenters. The van der Waals surface area contributed by atoms with Crippen molar-refractivity contribution in [3.63, 3.8) is 0 Å². The smallest absolute Gasteiger partial charge is 0.321 e. The summed E-state index contributed by atoms with van der Waals surface area (Å²) in [6.07, 6.45) is 0. The van der Waals surface area contributed by atoms with Gasteiger partial charge in [0, 0.05) is 39.0 Å². The van der Waals surface area contributed by atoms with Crippen LogP contribution in [0, 0.1) is 0 Å². The first-order valence-corrected chi connectivity index (χ1v) is 8.53. The van der Waals surface area contributed by atoms with Crippen LogP contribution < -0.4 is 15.5 Å². The predicted molar refractivity (Wildman–Crippen MR) is 97.6 cm³/mol. The number of anilines is 1. The van der Waals surface area contributed by atoms with E-state index in [2.05, 4.69) is 46.5 Å². The maximum absolute atomic E-state index is 12.3. The Morgan fingerprint density at radius 1 is 1.36 bits per heavy atom. The molecule has 3 amide bonds. The molecular weight excluding hydrogens is 320 g/mol. The van der Waals surface area contributed by atoms with E-state index in [4.69, 9.17) is 4.74 Å². The van der Waals surface area contributed by atoms with Gasteiger partial charge in [-0.2, -0.15) is 0 Å². The molecule has 1 aliphatic heterocycles. The van der Waals surface area contributed by atoms with Crippen molar-refractivity contribution in [2.45, 2.75) is 32.5 Å². The van der Waals surface area contributed by atoms with E-state index in [1.54, 1.807) is 7.11 Å². The van der Waals surface area contributed by atoms with Crippen molar-refractivity contribution in [3.8, 4) is 0 Å². The van der Waals surface area contributed by atoms with E-state index >= 15 is 0 Å². The molecule has 1 aliphatic rings. The van der Waals surface area contributed by atoms with E-state index in [1.807, 2.05) is 19.1 Å².